The summed E-state index contributed by atoms with van der Waals surface area (Å²) >= 11 is 9.23. The average Bonchev–Trinajstić information content (AvgIpc) is 1.99. The molecule has 0 aliphatic heterocycles. The first-order valence-electron chi connectivity index (χ1n) is 3.15. The second-order valence-corrected chi connectivity index (χ2v) is 3.41. The van der Waals surface area contributed by atoms with Crippen LogP contribution in [-0.4, -0.2) is 7.11 Å². The van der Waals surface area contributed by atoms with Crippen LogP contribution in [0.2, 0.25) is 5.02 Å². The summed E-state index contributed by atoms with van der Waals surface area (Å²) in [5, 5.41) is 0.630. The van der Waals surface area contributed by atoms with Crippen LogP contribution in [0.25, 0.3) is 0 Å². The van der Waals surface area contributed by atoms with Gasteiger partial charge in [0.1, 0.15) is 0 Å². The van der Waals surface area contributed by atoms with Gasteiger partial charge in [0.25, 0.3) is 0 Å². The van der Waals surface area contributed by atoms with Crippen LogP contribution in [-0.2, 0) is 0 Å². The molecular formula is C8H8BrClO. The molecule has 0 radical (unpaired) electrons. The minimum absolute atomic E-state index is 0.630. The number of hydrogen-bond donors (Lipinski definition) is 0. The maximum absolute atomic E-state index is 5.85. The zero-order chi connectivity index (χ0) is 8.43. The lowest BCUT2D eigenvalue weighted by atomic mass is 10.2. The molecule has 60 valence electrons. The third kappa shape index (κ3) is 1.68. The number of methoxy groups -OCH3 is 1. The Bertz CT molecular complexity index is 273. The summed E-state index contributed by atoms with van der Waals surface area (Å²) in [6.07, 6.45) is 0. The van der Waals surface area contributed by atoms with Crippen LogP contribution < -0.4 is 4.74 Å². The van der Waals surface area contributed by atoms with Gasteiger partial charge in [-0.2, -0.15) is 0 Å². The largest absolute Gasteiger partial charge is 0.494 e. The lowest BCUT2D eigenvalue weighted by Crippen LogP contribution is -1.87. The summed E-state index contributed by atoms with van der Waals surface area (Å²) in [6.45, 7) is 1.99. The molecule has 0 aliphatic rings. The molecule has 1 nitrogen and oxygen atoms in total. The second-order valence-electron chi connectivity index (χ2n) is 2.21. The molecule has 0 bridgehead atoms. The van der Waals surface area contributed by atoms with Crippen LogP contribution in [0.15, 0.2) is 16.6 Å². The Balaban J connectivity index is 3.29. The Labute approximate surface area is 79.4 Å². The van der Waals surface area contributed by atoms with Crippen molar-refractivity contribution < 1.29 is 4.74 Å². The van der Waals surface area contributed by atoms with Crippen molar-refractivity contribution in [3.8, 4) is 5.75 Å². The van der Waals surface area contributed by atoms with Crippen molar-refractivity contribution in [3.63, 3.8) is 0 Å². The monoisotopic (exact) mass is 234 g/mol. The van der Waals surface area contributed by atoms with E-state index in [1.54, 1.807) is 7.11 Å². The maximum Gasteiger partial charge on any atom is 0.151 e. The SMILES string of the molecule is COc1c(Cl)ccc(C)c1Br. The van der Waals surface area contributed by atoms with Gasteiger partial charge in [-0.05, 0) is 34.5 Å². The van der Waals surface area contributed by atoms with Crippen molar-refractivity contribution in [2.45, 2.75) is 6.92 Å². The minimum atomic E-state index is 0.630. The van der Waals surface area contributed by atoms with Crippen molar-refractivity contribution >= 4 is 27.5 Å². The molecule has 0 N–H and O–H groups in total. The fourth-order valence-electron chi connectivity index (χ4n) is 0.818. The van der Waals surface area contributed by atoms with Gasteiger partial charge >= 0.3 is 0 Å². The first-order chi connectivity index (χ1) is 5.16. The van der Waals surface area contributed by atoms with E-state index in [4.69, 9.17) is 16.3 Å². The topological polar surface area (TPSA) is 9.23 Å². The second kappa shape index (κ2) is 3.46. The molecule has 0 spiro atoms. The van der Waals surface area contributed by atoms with Crippen molar-refractivity contribution in [2.24, 2.45) is 0 Å². The van der Waals surface area contributed by atoms with Crippen LogP contribution in [0.4, 0.5) is 0 Å². The Morgan fingerprint density at radius 2 is 2.09 bits per heavy atom. The number of hydrogen-bond acceptors (Lipinski definition) is 1. The van der Waals surface area contributed by atoms with Crippen molar-refractivity contribution in [1.29, 1.82) is 0 Å². The summed E-state index contributed by atoms with van der Waals surface area (Å²) in [5.41, 5.74) is 1.12. The zero-order valence-electron chi connectivity index (χ0n) is 6.32. The van der Waals surface area contributed by atoms with Gasteiger partial charge in [-0.15, -0.1) is 0 Å². The summed E-state index contributed by atoms with van der Waals surface area (Å²) in [6, 6.07) is 3.76. The molecule has 1 rings (SSSR count). The molecule has 1 aromatic rings. The van der Waals surface area contributed by atoms with Gasteiger partial charge in [0, 0.05) is 0 Å². The van der Waals surface area contributed by atoms with E-state index >= 15 is 0 Å². The third-order valence-electron chi connectivity index (χ3n) is 1.45. The summed E-state index contributed by atoms with van der Waals surface area (Å²) < 4.78 is 6.00. The first-order valence-corrected chi connectivity index (χ1v) is 4.32. The van der Waals surface area contributed by atoms with Gasteiger partial charge in [0.15, 0.2) is 5.75 Å². The highest BCUT2D eigenvalue weighted by Gasteiger charge is 2.06. The quantitative estimate of drug-likeness (QED) is 0.725. The van der Waals surface area contributed by atoms with Crippen LogP contribution in [0.1, 0.15) is 5.56 Å². The van der Waals surface area contributed by atoms with Gasteiger partial charge in [-0.1, -0.05) is 17.7 Å². The Hall–Kier alpha value is -0.210. The van der Waals surface area contributed by atoms with Crippen molar-refractivity contribution in [2.75, 3.05) is 7.11 Å². The number of ether oxygens (including phenoxy) is 1. The van der Waals surface area contributed by atoms with Crippen molar-refractivity contribution in [3.05, 3.63) is 27.2 Å². The molecule has 0 saturated carbocycles. The Kier molecular flexibility index (Phi) is 2.79. The van der Waals surface area contributed by atoms with Gasteiger partial charge in [-0.3, -0.25) is 0 Å². The highest BCUT2D eigenvalue weighted by atomic mass is 79.9. The average molecular weight is 236 g/mol. The molecule has 3 heteroatoms. The minimum Gasteiger partial charge on any atom is -0.494 e. The summed E-state index contributed by atoms with van der Waals surface area (Å²) in [5.74, 6) is 0.701. The van der Waals surface area contributed by atoms with E-state index in [0.29, 0.717) is 10.8 Å². The van der Waals surface area contributed by atoms with Crippen LogP contribution >= 0.6 is 27.5 Å². The zero-order valence-corrected chi connectivity index (χ0v) is 8.66. The van der Waals surface area contributed by atoms with Gasteiger partial charge in [-0.25, -0.2) is 0 Å². The smallest absolute Gasteiger partial charge is 0.151 e. The van der Waals surface area contributed by atoms with E-state index in [2.05, 4.69) is 15.9 Å². The number of benzene rings is 1. The van der Waals surface area contributed by atoms with E-state index in [-0.39, 0.29) is 0 Å². The number of halogens is 2. The van der Waals surface area contributed by atoms with Gasteiger partial charge in [0.2, 0.25) is 0 Å². The fraction of sp³-hybridized carbons (Fsp3) is 0.250. The Morgan fingerprint density at radius 1 is 1.45 bits per heavy atom. The van der Waals surface area contributed by atoms with E-state index in [1.165, 1.54) is 0 Å². The molecule has 0 saturated heterocycles. The van der Waals surface area contributed by atoms with Gasteiger partial charge in [0.05, 0.1) is 16.6 Å². The number of aryl methyl sites for hydroxylation is 1. The lowest BCUT2D eigenvalue weighted by Gasteiger charge is -2.06. The standard InChI is InChI=1S/C8H8BrClO/c1-5-3-4-6(10)8(11-2)7(5)9/h3-4H,1-2H3. The maximum atomic E-state index is 5.85. The summed E-state index contributed by atoms with van der Waals surface area (Å²) in [7, 11) is 1.60. The van der Waals surface area contributed by atoms with E-state index < -0.39 is 0 Å². The van der Waals surface area contributed by atoms with Crippen LogP contribution in [0.5, 0.6) is 5.75 Å². The molecule has 0 aliphatic carbocycles. The normalized spacial score (nSPS) is 9.82. The predicted octanol–water partition coefficient (Wildman–Crippen LogP) is 3.42. The fourth-order valence-corrected chi connectivity index (χ4v) is 1.67. The molecule has 0 fully saturated rings. The van der Waals surface area contributed by atoms with Crippen LogP contribution in [0.3, 0.4) is 0 Å². The molecular weight excluding hydrogens is 227 g/mol. The predicted molar refractivity (Wildman–Crippen MR) is 50.4 cm³/mol. The van der Waals surface area contributed by atoms with Crippen molar-refractivity contribution in [1.82, 2.24) is 0 Å². The first kappa shape index (κ1) is 8.88. The van der Waals surface area contributed by atoms with E-state index in [9.17, 15) is 0 Å². The molecule has 0 heterocycles. The molecule has 0 atom stereocenters. The lowest BCUT2D eigenvalue weighted by molar-refractivity contribution is 0.412. The number of rotatable bonds is 1. The van der Waals surface area contributed by atoms with E-state index in [1.807, 2.05) is 19.1 Å². The van der Waals surface area contributed by atoms with E-state index in [0.717, 1.165) is 10.0 Å². The molecule has 0 amide bonds. The Morgan fingerprint density at radius 3 is 2.55 bits per heavy atom. The molecule has 0 aromatic heterocycles. The molecule has 1 aromatic carbocycles. The molecule has 11 heavy (non-hydrogen) atoms. The third-order valence-corrected chi connectivity index (χ3v) is 2.73. The van der Waals surface area contributed by atoms with Crippen LogP contribution in [0, 0.1) is 6.92 Å². The van der Waals surface area contributed by atoms with Gasteiger partial charge < -0.3 is 4.74 Å². The molecule has 0 unspecified atom stereocenters. The summed E-state index contributed by atoms with van der Waals surface area (Å²) in [4.78, 5) is 0. The highest BCUT2D eigenvalue weighted by molar-refractivity contribution is 9.10. The highest BCUT2D eigenvalue weighted by Crippen LogP contribution is 2.34.